The van der Waals surface area contributed by atoms with Gasteiger partial charge in [-0.3, -0.25) is 9.48 Å². The molecule has 1 fully saturated rings. The minimum absolute atomic E-state index is 0. The standard InChI is InChI=1S/C18H32N4O.ClH/c1-12(2)11-22-15(5)16(14(4)21-22)6-7-18(23)20-17-8-9-19-10-13(17)3;/h12-13,17,19H,6-11H2,1-5H3,(H,20,23);1H. The zero-order valence-electron chi connectivity index (χ0n) is 15.7. The van der Waals surface area contributed by atoms with Gasteiger partial charge < -0.3 is 10.6 Å². The Morgan fingerprint density at radius 3 is 2.75 bits per heavy atom. The highest BCUT2D eigenvalue weighted by molar-refractivity contribution is 5.85. The number of aryl methyl sites for hydroxylation is 1. The second kappa shape index (κ2) is 9.42. The molecule has 0 bridgehead atoms. The Kier molecular flexibility index (Phi) is 8.23. The maximum absolute atomic E-state index is 12.3. The quantitative estimate of drug-likeness (QED) is 0.823. The highest BCUT2D eigenvalue weighted by atomic mass is 35.5. The Labute approximate surface area is 152 Å². The fourth-order valence-corrected chi connectivity index (χ4v) is 3.37. The number of halogens is 1. The molecule has 0 spiro atoms. The number of carbonyl (C=O) groups excluding carboxylic acids is 1. The second-order valence-corrected chi connectivity index (χ2v) is 7.37. The van der Waals surface area contributed by atoms with E-state index in [1.807, 2.05) is 6.92 Å². The summed E-state index contributed by atoms with van der Waals surface area (Å²) < 4.78 is 2.09. The number of nitrogens with one attached hydrogen (secondary N) is 2. The summed E-state index contributed by atoms with van der Waals surface area (Å²) in [5.41, 5.74) is 3.50. The van der Waals surface area contributed by atoms with Gasteiger partial charge in [0.05, 0.1) is 5.69 Å². The van der Waals surface area contributed by atoms with Crippen LogP contribution in [0.5, 0.6) is 0 Å². The molecule has 1 aromatic heterocycles. The van der Waals surface area contributed by atoms with E-state index in [1.54, 1.807) is 0 Å². The van der Waals surface area contributed by atoms with Crippen LogP contribution in [0.1, 0.15) is 50.6 Å². The van der Waals surface area contributed by atoms with Crippen molar-refractivity contribution >= 4 is 18.3 Å². The zero-order chi connectivity index (χ0) is 17.0. The summed E-state index contributed by atoms with van der Waals surface area (Å²) >= 11 is 0. The minimum atomic E-state index is 0. The molecule has 1 aromatic rings. The Hall–Kier alpha value is -1.07. The van der Waals surface area contributed by atoms with Gasteiger partial charge in [-0.25, -0.2) is 0 Å². The van der Waals surface area contributed by atoms with Crippen LogP contribution in [0.3, 0.4) is 0 Å². The summed E-state index contributed by atoms with van der Waals surface area (Å²) in [6.07, 6.45) is 2.35. The van der Waals surface area contributed by atoms with Gasteiger partial charge in [0.15, 0.2) is 0 Å². The SMILES string of the molecule is Cc1nn(CC(C)C)c(C)c1CCC(=O)NC1CCNCC1C.Cl. The van der Waals surface area contributed by atoms with Crippen LogP contribution in [0.4, 0.5) is 0 Å². The van der Waals surface area contributed by atoms with Gasteiger partial charge in [-0.15, -0.1) is 12.4 Å². The summed E-state index contributed by atoms with van der Waals surface area (Å²) in [6.45, 7) is 13.7. The maximum Gasteiger partial charge on any atom is 0.220 e. The molecule has 0 aromatic carbocycles. The van der Waals surface area contributed by atoms with Gasteiger partial charge >= 0.3 is 0 Å². The average molecular weight is 357 g/mol. The number of hydrogen-bond acceptors (Lipinski definition) is 3. The third-order valence-electron chi connectivity index (χ3n) is 4.80. The van der Waals surface area contributed by atoms with Crippen molar-refractivity contribution in [3.63, 3.8) is 0 Å². The highest BCUT2D eigenvalue weighted by Crippen LogP contribution is 2.17. The second-order valence-electron chi connectivity index (χ2n) is 7.37. The molecule has 6 heteroatoms. The molecule has 0 aliphatic carbocycles. The van der Waals surface area contributed by atoms with Crippen LogP contribution in [0.15, 0.2) is 0 Å². The Balaban J connectivity index is 0.00000288. The topological polar surface area (TPSA) is 59.0 Å². The van der Waals surface area contributed by atoms with Crippen LogP contribution in [-0.4, -0.2) is 34.8 Å². The minimum Gasteiger partial charge on any atom is -0.353 e. The zero-order valence-corrected chi connectivity index (χ0v) is 16.5. The van der Waals surface area contributed by atoms with Crippen molar-refractivity contribution < 1.29 is 4.79 Å². The first kappa shape index (κ1) is 21.0. The van der Waals surface area contributed by atoms with Crippen molar-refractivity contribution in [1.29, 1.82) is 0 Å². The molecule has 24 heavy (non-hydrogen) atoms. The Morgan fingerprint density at radius 2 is 2.12 bits per heavy atom. The number of aromatic nitrogens is 2. The highest BCUT2D eigenvalue weighted by Gasteiger charge is 2.22. The third kappa shape index (κ3) is 5.49. The number of amides is 1. The summed E-state index contributed by atoms with van der Waals surface area (Å²) in [5, 5.41) is 11.2. The molecule has 2 unspecified atom stereocenters. The van der Waals surface area contributed by atoms with E-state index in [4.69, 9.17) is 0 Å². The van der Waals surface area contributed by atoms with E-state index >= 15 is 0 Å². The average Bonchev–Trinajstić information content (AvgIpc) is 2.73. The van der Waals surface area contributed by atoms with Crippen molar-refractivity contribution in [3.05, 3.63) is 17.0 Å². The van der Waals surface area contributed by atoms with Crippen molar-refractivity contribution in [1.82, 2.24) is 20.4 Å². The third-order valence-corrected chi connectivity index (χ3v) is 4.80. The summed E-state index contributed by atoms with van der Waals surface area (Å²) in [7, 11) is 0. The van der Waals surface area contributed by atoms with Gasteiger partial charge in [0.2, 0.25) is 5.91 Å². The van der Waals surface area contributed by atoms with Crippen LogP contribution in [0.25, 0.3) is 0 Å². The van der Waals surface area contributed by atoms with Crippen LogP contribution in [0, 0.1) is 25.7 Å². The summed E-state index contributed by atoms with van der Waals surface area (Å²) in [6, 6.07) is 0.314. The molecule has 2 heterocycles. The fourth-order valence-electron chi connectivity index (χ4n) is 3.37. The van der Waals surface area contributed by atoms with Crippen LogP contribution in [-0.2, 0) is 17.8 Å². The molecule has 1 amide bonds. The van der Waals surface area contributed by atoms with Gasteiger partial charge in [0, 0.05) is 24.7 Å². The van der Waals surface area contributed by atoms with Crippen LogP contribution >= 0.6 is 12.4 Å². The van der Waals surface area contributed by atoms with Crippen LogP contribution in [0.2, 0.25) is 0 Å². The van der Waals surface area contributed by atoms with E-state index in [0.717, 1.165) is 38.2 Å². The lowest BCUT2D eigenvalue weighted by Gasteiger charge is -2.30. The summed E-state index contributed by atoms with van der Waals surface area (Å²) in [4.78, 5) is 12.3. The van der Waals surface area contributed by atoms with Gasteiger partial charge in [0.25, 0.3) is 0 Å². The Morgan fingerprint density at radius 1 is 1.42 bits per heavy atom. The Bertz CT molecular complexity index is 541. The van der Waals surface area contributed by atoms with Gasteiger partial charge in [0.1, 0.15) is 0 Å². The molecule has 1 aliphatic rings. The number of nitrogens with zero attached hydrogens (tertiary/aromatic N) is 2. The molecule has 1 saturated heterocycles. The molecular weight excluding hydrogens is 324 g/mol. The first-order valence-corrected chi connectivity index (χ1v) is 8.91. The van der Waals surface area contributed by atoms with Crippen molar-refractivity contribution in [3.8, 4) is 0 Å². The number of rotatable bonds is 6. The lowest BCUT2D eigenvalue weighted by atomic mass is 9.95. The van der Waals surface area contributed by atoms with E-state index in [2.05, 4.69) is 48.1 Å². The lowest BCUT2D eigenvalue weighted by Crippen LogP contribution is -2.48. The number of piperidine rings is 1. The molecule has 2 atom stereocenters. The van der Waals surface area contributed by atoms with E-state index in [0.29, 0.717) is 24.3 Å². The number of hydrogen-bond donors (Lipinski definition) is 2. The fraction of sp³-hybridized carbons (Fsp3) is 0.778. The molecular formula is C18H33ClN4O. The van der Waals surface area contributed by atoms with Crippen molar-refractivity contribution in [2.75, 3.05) is 13.1 Å². The first-order chi connectivity index (χ1) is 10.9. The smallest absolute Gasteiger partial charge is 0.220 e. The van der Waals surface area contributed by atoms with E-state index < -0.39 is 0 Å². The van der Waals surface area contributed by atoms with Crippen LogP contribution < -0.4 is 10.6 Å². The molecule has 2 N–H and O–H groups in total. The van der Waals surface area contributed by atoms with Crippen molar-refractivity contribution in [2.24, 2.45) is 11.8 Å². The lowest BCUT2D eigenvalue weighted by molar-refractivity contribution is -0.122. The molecule has 138 valence electrons. The van der Waals surface area contributed by atoms with E-state index in [9.17, 15) is 4.79 Å². The molecule has 5 nitrogen and oxygen atoms in total. The van der Waals surface area contributed by atoms with E-state index in [1.165, 1.54) is 11.3 Å². The van der Waals surface area contributed by atoms with Gasteiger partial charge in [-0.2, -0.15) is 5.10 Å². The van der Waals surface area contributed by atoms with Gasteiger partial charge in [-0.05, 0) is 57.2 Å². The molecule has 2 rings (SSSR count). The predicted molar refractivity (Wildman–Crippen MR) is 101 cm³/mol. The maximum atomic E-state index is 12.3. The van der Waals surface area contributed by atoms with Gasteiger partial charge in [-0.1, -0.05) is 20.8 Å². The predicted octanol–water partition coefficient (Wildman–Crippen LogP) is 2.62. The first-order valence-electron chi connectivity index (χ1n) is 8.91. The monoisotopic (exact) mass is 356 g/mol. The normalized spacial score (nSPS) is 20.8. The molecule has 0 radical (unpaired) electrons. The molecule has 0 saturated carbocycles. The van der Waals surface area contributed by atoms with E-state index in [-0.39, 0.29) is 18.3 Å². The largest absolute Gasteiger partial charge is 0.353 e. The molecule has 1 aliphatic heterocycles. The summed E-state index contributed by atoms with van der Waals surface area (Å²) in [5.74, 6) is 1.25. The van der Waals surface area contributed by atoms with Crippen molar-refractivity contribution in [2.45, 2.75) is 66.5 Å². The number of carbonyl (C=O) groups is 1.